The van der Waals surface area contributed by atoms with Crippen molar-refractivity contribution in [2.75, 3.05) is 0 Å². The van der Waals surface area contributed by atoms with Gasteiger partial charge in [-0.3, -0.25) is 0 Å². The third-order valence-corrected chi connectivity index (χ3v) is 3.09. The molecule has 0 aliphatic carbocycles. The first kappa shape index (κ1) is 12.3. The Kier molecular flexibility index (Phi) is 2.73. The molecule has 0 amide bonds. The monoisotopic (exact) mass is 270 g/mol. The lowest BCUT2D eigenvalue weighted by molar-refractivity contribution is 0.0695. The van der Waals surface area contributed by atoms with E-state index in [0.717, 1.165) is 0 Å². The lowest BCUT2D eigenvalue weighted by atomic mass is 10.1. The molecule has 3 rings (SSSR count). The fourth-order valence-corrected chi connectivity index (χ4v) is 2.16. The van der Waals surface area contributed by atoms with Gasteiger partial charge in [-0.05, 0) is 23.8 Å². The maximum absolute atomic E-state index is 11.4. The van der Waals surface area contributed by atoms with Gasteiger partial charge in [0.15, 0.2) is 0 Å². The average Bonchev–Trinajstić information content (AvgIpc) is 2.44. The number of phenolic OH excluding ortho intramolecular Hbond substituents is 1. The number of carbonyl (C=O) groups is 1. The van der Waals surface area contributed by atoms with Crippen molar-refractivity contribution >= 4 is 28.0 Å². The summed E-state index contributed by atoms with van der Waals surface area (Å²) in [6.45, 7) is -0.405. The molecule has 0 spiro atoms. The summed E-state index contributed by atoms with van der Waals surface area (Å²) in [6, 6.07) is 7.89. The number of nitrogens with zero attached hydrogens (tertiary/aromatic N) is 2. The van der Waals surface area contributed by atoms with Crippen LogP contribution in [-0.2, 0) is 6.61 Å². The van der Waals surface area contributed by atoms with Crippen molar-refractivity contribution in [1.29, 1.82) is 0 Å². The lowest BCUT2D eigenvalue weighted by Gasteiger charge is -2.08. The molecule has 0 aliphatic heterocycles. The van der Waals surface area contributed by atoms with E-state index in [1.54, 1.807) is 18.2 Å². The molecule has 6 nitrogen and oxygen atoms in total. The van der Waals surface area contributed by atoms with E-state index >= 15 is 0 Å². The van der Waals surface area contributed by atoms with Crippen LogP contribution in [0, 0.1) is 0 Å². The van der Waals surface area contributed by atoms with E-state index in [9.17, 15) is 20.1 Å². The Bertz CT molecular complexity index is 845. The van der Waals surface area contributed by atoms with Crippen LogP contribution in [0.2, 0.25) is 0 Å². The van der Waals surface area contributed by atoms with Crippen molar-refractivity contribution in [2.24, 2.45) is 0 Å². The van der Waals surface area contributed by atoms with Crippen LogP contribution in [0.25, 0.3) is 22.1 Å². The summed E-state index contributed by atoms with van der Waals surface area (Å²) in [5.41, 5.74) is 1.43. The van der Waals surface area contributed by atoms with Gasteiger partial charge in [-0.1, -0.05) is 12.1 Å². The summed E-state index contributed by atoms with van der Waals surface area (Å²) in [6.07, 6.45) is 0. The van der Waals surface area contributed by atoms with Gasteiger partial charge < -0.3 is 15.3 Å². The zero-order valence-electron chi connectivity index (χ0n) is 10.2. The SMILES string of the molecule is O=C(O)c1c(CO)ccc2nc3cccc(O)c3nc12. The highest BCUT2D eigenvalue weighted by Crippen LogP contribution is 2.26. The van der Waals surface area contributed by atoms with Crippen LogP contribution in [0.3, 0.4) is 0 Å². The zero-order valence-corrected chi connectivity index (χ0v) is 10.2. The maximum atomic E-state index is 11.4. The quantitative estimate of drug-likeness (QED) is 0.612. The van der Waals surface area contributed by atoms with Crippen LogP contribution < -0.4 is 0 Å². The van der Waals surface area contributed by atoms with Crippen molar-refractivity contribution in [3.63, 3.8) is 0 Å². The molecule has 20 heavy (non-hydrogen) atoms. The molecule has 3 aromatic rings. The number of aliphatic hydroxyl groups is 1. The van der Waals surface area contributed by atoms with Crippen molar-refractivity contribution in [3.05, 3.63) is 41.5 Å². The van der Waals surface area contributed by atoms with Crippen LogP contribution >= 0.6 is 0 Å². The van der Waals surface area contributed by atoms with E-state index in [1.165, 1.54) is 12.1 Å². The third-order valence-electron chi connectivity index (χ3n) is 3.09. The molecule has 2 aromatic carbocycles. The Morgan fingerprint density at radius 3 is 2.50 bits per heavy atom. The molecule has 1 heterocycles. The van der Waals surface area contributed by atoms with E-state index < -0.39 is 12.6 Å². The number of para-hydroxylation sites is 1. The molecule has 1 aromatic heterocycles. The van der Waals surface area contributed by atoms with Gasteiger partial charge in [0.05, 0.1) is 23.2 Å². The highest BCUT2D eigenvalue weighted by molar-refractivity contribution is 6.04. The number of hydrogen-bond acceptors (Lipinski definition) is 5. The highest BCUT2D eigenvalue weighted by Gasteiger charge is 2.17. The first-order valence-electron chi connectivity index (χ1n) is 5.87. The zero-order chi connectivity index (χ0) is 14.3. The summed E-state index contributed by atoms with van der Waals surface area (Å²) >= 11 is 0. The van der Waals surface area contributed by atoms with Crippen LogP contribution in [0.5, 0.6) is 5.75 Å². The minimum absolute atomic E-state index is 0.0670. The van der Waals surface area contributed by atoms with Crippen molar-refractivity contribution in [2.45, 2.75) is 6.61 Å². The van der Waals surface area contributed by atoms with Gasteiger partial charge in [0.2, 0.25) is 0 Å². The Labute approximate surface area is 113 Å². The summed E-state index contributed by atoms with van der Waals surface area (Å²) in [5.74, 6) is -1.26. The predicted octanol–water partition coefficient (Wildman–Crippen LogP) is 1.68. The second-order valence-electron chi connectivity index (χ2n) is 4.30. The number of aliphatic hydroxyl groups excluding tert-OH is 1. The highest BCUT2D eigenvalue weighted by atomic mass is 16.4. The molecule has 0 saturated heterocycles. The van der Waals surface area contributed by atoms with E-state index in [0.29, 0.717) is 11.0 Å². The molecule has 3 N–H and O–H groups in total. The number of phenols is 1. The summed E-state index contributed by atoms with van der Waals surface area (Å²) in [5, 5.41) is 28.3. The average molecular weight is 270 g/mol. The summed E-state index contributed by atoms with van der Waals surface area (Å²) < 4.78 is 0. The van der Waals surface area contributed by atoms with Gasteiger partial charge in [-0.15, -0.1) is 0 Å². The van der Waals surface area contributed by atoms with Crippen LogP contribution in [0.15, 0.2) is 30.3 Å². The minimum Gasteiger partial charge on any atom is -0.506 e. The number of carboxylic acid groups (broad SMARTS) is 1. The predicted molar refractivity (Wildman–Crippen MR) is 71.6 cm³/mol. The molecular weight excluding hydrogens is 260 g/mol. The van der Waals surface area contributed by atoms with Gasteiger partial charge >= 0.3 is 5.97 Å². The normalized spacial score (nSPS) is 11.1. The summed E-state index contributed by atoms with van der Waals surface area (Å²) in [7, 11) is 0. The van der Waals surface area contributed by atoms with E-state index in [2.05, 4.69) is 9.97 Å². The van der Waals surface area contributed by atoms with Crippen LogP contribution in [0.4, 0.5) is 0 Å². The Morgan fingerprint density at radius 1 is 1.05 bits per heavy atom. The lowest BCUT2D eigenvalue weighted by Crippen LogP contribution is -2.05. The Balaban J connectivity index is 2.50. The van der Waals surface area contributed by atoms with Gasteiger partial charge in [0, 0.05) is 0 Å². The maximum Gasteiger partial charge on any atom is 0.338 e. The molecule has 0 radical (unpaired) electrons. The molecule has 0 bridgehead atoms. The second kappa shape index (κ2) is 4.43. The van der Waals surface area contributed by atoms with Crippen molar-refractivity contribution < 1.29 is 20.1 Å². The number of benzene rings is 2. The molecule has 0 aliphatic rings. The molecule has 0 unspecified atom stereocenters. The Morgan fingerprint density at radius 2 is 1.80 bits per heavy atom. The topological polar surface area (TPSA) is 104 Å². The molecule has 0 saturated carbocycles. The van der Waals surface area contributed by atoms with Gasteiger partial charge in [-0.2, -0.15) is 0 Å². The third kappa shape index (κ3) is 1.74. The van der Waals surface area contributed by atoms with Gasteiger partial charge in [0.25, 0.3) is 0 Å². The number of fused-ring (bicyclic) bond motifs is 2. The second-order valence-corrected chi connectivity index (χ2v) is 4.30. The molecule has 0 atom stereocenters. The largest absolute Gasteiger partial charge is 0.506 e. The molecule has 100 valence electrons. The van der Waals surface area contributed by atoms with E-state index in [-0.39, 0.29) is 27.9 Å². The molecule has 6 heteroatoms. The van der Waals surface area contributed by atoms with Crippen LogP contribution in [-0.4, -0.2) is 31.3 Å². The first-order chi connectivity index (χ1) is 9.61. The van der Waals surface area contributed by atoms with Crippen LogP contribution in [0.1, 0.15) is 15.9 Å². The number of carboxylic acids is 1. The molecular formula is C14H10N2O4. The number of rotatable bonds is 2. The fraction of sp³-hybridized carbons (Fsp3) is 0.0714. The number of hydrogen-bond donors (Lipinski definition) is 3. The van der Waals surface area contributed by atoms with E-state index in [4.69, 9.17) is 0 Å². The number of aromatic carboxylic acids is 1. The summed E-state index contributed by atoms with van der Waals surface area (Å²) in [4.78, 5) is 19.9. The minimum atomic E-state index is -1.19. The number of aromatic hydroxyl groups is 1. The Hall–Kier alpha value is -2.73. The van der Waals surface area contributed by atoms with Gasteiger partial charge in [0.1, 0.15) is 16.8 Å². The van der Waals surface area contributed by atoms with Gasteiger partial charge in [-0.25, -0.2) is 14.8 Å². The number of aromatic nitrogens is 2. The smallest absolute Gasteiger partial charge is 0.338 e. The first-order valence-corrected chi connectivity index (χ1v) is 5.87. The van der Waals surface area contributed by atoms with Crippen molar-refractivity contribution in [3.8, 4) is 5.75 Å². The standard InChI is InChI=1S/C14H10N2O4/c17-6-7-4-5-9-13(11(7)14(19)20)16-12-8(15-9)2-1-3-10(12)18/h1-5,17-18H,6H2,(H,19,20). The molecule has 0 fully saturated rings. The van der Waals surface area contributed by atoms with E-state index in [1.807, 2.05) is 0 Å². The van der Waals surface area contributed by atoms with Crippen molar-refractivity contribution in [1.82, 2.24) is 9.97 Å². The fourth-order valence-electron chi connectivity index (χ4n) is 2.16.